The van der Waals surface area contributed by atoms with Gasteiger partial charge in [-0.15, -0.1) is 0 Å². The lowest BCUT2D eigenvalue weighted by Crippen LogP contribution is -2.31. The SMILES string of the molecule is CN(Cc1nccn1C)C(=O)Nc1ccc(Oc2cccc(S(C)(=O)=O)c2)cc1. The molecule has 0 atom stereocenters. The van der Waals surface area contributed by atoms with E-state index >= 15 is 0 Å². The number of hydrogen-bond acceptors (Lipinski definition) is 5. The maximum Gasteiger partial charge on any atom is 0.321 e. The highest BCUT2D eigenvalue weighted by molar-refractivity contribution is 7.90. The molecule has 29 heavy (non-hydrogen) atoms. The van der Waals surface area contributed by atoms with Gasteiger partial charge in [0.2, 0.25) is 0 Å². The van der Waals surface area contributed by atoms with Crippen LogP contribution >= 0.6 is 0 Å². The van der Waals surface area contributed by atoms with E-state index in [9.17, 15) is 13.2 Å². The van der Waals surface area contributed by atoms with E-state index in [-0.39, 0.29) is 10.9 Å². The van der Waals surface area contributed by atoms with E-state index in [1.807, 2.05) is 17.8 Å². The molecule has 0 bridgehead atoms. The van der Waals surface area contributed by atoms with E-state index in [2.05, 4.69) is 10.3 Å². The number of carbonyl (C=O) groups is 1. The van der Waals surface area contributed by atoms with Crippen molar-refractivity contribution in [3.8, 4) is 11.5 Å². The summed E-state index contributed by atoms with van der Waals surface area (Å²) in [5.41, 5.74) is 0.610. The second kappa shape index (κ2) is 8.36. The number of aryl methyl sites for hydroxylation is 1. The normalized spacial score (nSPS) is 11.1. The first-order chi connectivity index (χ1) is 13.7. The Bertz CT molecular complexity index is 1110. The quantitative estimate of drug-likeness (QED) is 0.668. The Labute approximate surface area is 169 Å². The lowest BCUT2D eigenvalue weighted by Gasteiger charge is -2.18. The minimum Gasteiger partial charge on any atom is -0.457 e. The molecule has 1 heterocycles. The zero-order valence-electron chi connectivity index (χ0n) is 16.4. The van der Waals surface area contributed by atoms with Crippen molar-refractivity contribution in [3.05, 3.63) is 66.7 Å². The average molecular weight is 414 g/mol. The molecule has 0 aliphatic carbocycles. The van der Waals surface area contributed by atoms with Crippen molar-refractivity contribution in [2.24, 2.45) is 7.05 Å². The molecule has 152 valence electrons. The van der Waals surface area contributed by atoms with E-state index in [0.717, 1.165) is 12.1 Å². The van der Waals surface area contributed by atoms with Crippen LogP contribution in [0.15, 0.2) is 65.8 Å². The molecule has 1 N–H and O–H groups in total. The van der Waals surface area contributed by atoms with Gasteiger partial charge in [0.05, 0.1) is 11.4 Å². The van der Waals surface area contributed by atoms with Crippen molar-refractivity contribution < 1.29 is 17.9 Å². The molecule has 8 nitrogen and oxygen atoms in total. The van der Waals surface area contributed by atoms with E-state index < -0.39 is 9.84 Å². The van der Waals surface area contributed by atoms with Crippen molar-refractivity contribution in [1.29, 1.82) is 0 Å². The summed E-state index contributed by atoms with van der Waals surface area (Å²) in [5, 5.41) is 2.81. The molecule has 0 saturated heterocycles. The van der Waals surface area contributed by atoms with Gasteiger partial charge in [-0.05, 0) is 42.5 Å². The zero-order valence-corrected chi connectivity index (χ0v) is 17.2. The molecule has 9 heteroatoms. The lowest BCUT2D eigenvalue weighted by molar-refractivity contribution is 0.219. The molecule has 0 saturated carbocycles. The Kier molecular flexibility index (Phi) is 5.88. The van der Waals surface area contributed by atoms with Crippen molar-refractivity contribution in [1.82, 2.24) is 14.5 Å². The number of imidazole rings is 1. The first-order valence-corrected chi connectivity index (χ1v) is 10.7. The topological polar surface area (TPSA) is 93.5 Å². The van der Waals surface area contributed by atoms with Crippen molar-refractivity contribution in [2.75, 3.05) is 18.6 Å². The van der Waals surface area contributed by atoms with Crippen LogP contribution in [-0.4, -0.2) is 42.2 Å². The summed E-state index contributed by atoms with van der Waals surface area (Å²) in [4.78, 5) is 18.3. The van der Waals surface area contributed by atoms with Gasteiger partial charge in [0.15, 0.2) is 9.84 Å². The Morgan fingerprint density at radius 1 is 1.17 bits per heavy atom. The summed E-state index contributed by atoms with van der Waals surface area (Å²) < 4.78 is 30.9. The number of carbonyl (C=O) groups excluding carboxylic acids is 1. The molecule has 0 aliphatic heterocycles. The summed E-state index contributed by atoms with van der Waals surface area (Å²) in [6.45, 7) is 0.382. The fraction of sp³-hybridized carbons (Fsp3) is 0.200. The minimum absolute atomic E-state index is 0.189. The highest BCUT2D eigenvalue weighted by Crippen LogP contribution is 2.25. The number of aromatic nitrogens is 2. The van der Waals surface area contributed by atoms with Gasteiger partial charge in [-0.2, -0.15) is 0 Å². The summed E-state index contributed by atoms with van der Waals surface area (Å²) in [7, 11) is 0.258. The summed E-state index contributed by atoms with van der Waals surface area (Å²) in [5.74, 6) is 1.72. The number of urea groups is 1. The van der Waals surface area contributed by atoms with E-state index in [0.29, 0.717) is 23.7 Å². The van der Waals surface area contributed by atoms with Gasteiger partial charge in [-0.1, -0.05) is 6.07 Å². The van der Waals surface area contributed by atoms with Gasteiger partial charge < -0.3 is 19.5 Å². The molecular weight excluding hydrogens is 392 g/mol. The molecule has 3 aromatic rings. The number of amides is 2. The van der Waals surface area contributed by atoms with Gasteiger partial charge >= 0.3 is 6.03 Å². The first kappa shape index (κ1) is 20.4. The van der Waals surface area contributed by atoms with Gasteiger partial charge in [0, 0.05) is 38.4 Å². The summed E-state index contributed by atoms with van der Waals surface area (Å²) in [6.07, 6.45) is 4.66. The van der Waals surface area contributed by atoms with E-state index in [4.69, 9.17) is 4.74 Å². The molecule has 3 rings (SSSR count). The van der Waals surface area contributed by atoms with E-state index in [1.54, 1.807) is 49.6 Å². The summed E-state index contributed by atoms with van der Waals surface area (Å²) >= 11 is 0. The molecule has 2 aromatic carbocycles. The standard InChI is InChI=1S/C20H22N4O4S/c1-23-12-11-21-19(23)14-24(2)20(25)22-15-7-9-16(10-8-15)28-17-5-4-6-18(13-17)29(3,26)27/h4-13H,14H2,1-3H3,(H,22,25). The number of sulfone groups is 1. The smallest absolute Gasteiger partial charge is 0.321 e. The Morgan fingerprint density at radius 3 is 2.52 bits per heavy atom. The third kappa shape index (κ3) is 5.35. The molecule has 0 spiro atoms. The lowest BCUT2D eigenvalue weighted by atomic mass is 10.3. The number of ether oxygens (including phenoxy) is 1. The number of hydrogen-bond donors (Lipinski definition) is 1. The van der Waals surface area contributed by atoms with Crippen molar-refractivity contribution in [2.45, 2.75) is 11.4 Å². The number of rotatable bonds is 6. The highest BCUT2D eigenvalue weighted by atomic mass is 32.2. The molecule has 0 aliphatic rings. The van der Waals surface area contributed by atoms with Crippen LogP contribution in [0.5, 0.6) is 11.5 Å². The maximum absolute atomic E-state index is 12.3. The number of anilines is 1. The largest absolute Gasteiger partial charge is 0.457 e. The third-order valence-corrected chi connectivity index (χ3v) is 5.33. The Balaban J connectivity index is 1.61. The second-order valence-corrected chi connectivity index (χ2v) is 8.63. The average Bonchev–Trinajstić information content (AvgIpc) is 3.07. The maximum atomic E-state index is 12.3. The fourth-order valence-corrected chi connectivity index (χ4v) is 3.22. The van der Waals surface area contributed by atoms with Gasteiger partial charge in [-0.3, -0.25) is 0 Å². The van der Waals surface area contributed by atoms with Crippen molar-refractivity contribution >= 4 is 21.6 Å². The predicted octanol–water partition coefficient (Wildman–Crippen LogP) is 3.28. The van der Waals surface area contributed by atoms with Crippen LogP contribution in [0.2, 0.25) is 0 Å². The van der Waals surface area contributed by atoms with Crippen molar-refractivity contribution in [3.63, 3.8) is 0 Å². The van der Waals surface area contributed by atoms with E-state index in [1.165, 1.54) is 17.0 Å². The molecule has 0 unspecified atom stereocenters. The molecule has 1 aromatic heterocycles. The summed E-state index contributed by atoms with van der Waals surface area (Å²) in [6, 6.07) is 12.8. The molecule has 0 fully saturated rings. The molecular formula is C20H22N4O4S. The van der Waals surface area contributed by atoms with Gasteiger partial charge in [0.25, 0.3) is 0 Å². The van der Waals surface area contributed by atoms with Crippen LogP contribution < -0.4 is 10.1 Å². The first-order valence-electron chi connectivity index (χ1n) is 8.79. The Morgan fingerprint density at radius 2 is 1.90 bits per heavy atom. The third-order valence-electron chi connectivity index (χ3n) is 4.22. The molecule has 2 amide bonds. The fourth-order valence-electron chi connectivity index (χ4n) is 2.56. The van der Waals surface area contributed by atoms with Crippen LogP contribution in [-0.2, 0) is 23.4 Å². The van der Waals surface area contributed by atoms with Crippen LogP contribution in [0, 0.1) is 0 Å². The monoisotopic (exact) mass is 414 g/mol. The predicted molar refractivity (Wildman–Crippen MR) is 110 cm³/mol. The number of nitrogens with one attached hydrogen (secondary N) is 1. The van der Waals surface area contributed by atoms with Crippen LogP contribution in [0.25, 0.3) is 0 Å². The van der Waals surface area contributed by atoms with Crippen LogP contribution in [0.3, 0.4) is 0 Å². The van der Waals surface area contributed by atoms with Gasteiger partial charge in [-0.25, -0.2) is 18.2 Å². The van der Waals surface area contributed by atoms with Crippen LogP contribution in [0.1, 0.15) is 5.82 Å². The zero-order chi connectivity index (χ0) is 21.0. The van der Waals surface area contributed by atoms with Crippen LogP contribution in [0.4, 0.5) is 10.5 Å². The highest BCUT2D eigenvalue weighted by Gasteiger charge is 2.12. The minimum atomic E-state index is -3.31. The Hall–Kier alpha value is -3.33. The number of nitrogens with zero attached hydrogens (tertiary/aromatic N) is 3. The second-order valence-electron chi connectivity index (χ2n) is 6.61. The molecule has 0 radical (unpaired) electrons. The van der Waals surface area contributed by atoms with Gasteiger partial charge in [0.1, 0.15) is 17.3 Å². The number of benzene rings is 2.